The molecule has 2 fully saturated rings. The first-order chi connectivity index (χ1) is 13.6. The monoisotopic (exact) mass is 383 g/mol. The second-order valence-electron chi connectivity index (χ2n) is 6.87. The lowest BCUT2D eigenvalue weighted by molar-refractivity contribution is -0.130. The number of nitrogens with one attached hydrogen (secondary N) is 1. The molecule has 2 aromatic rings. The summed E-state index contributed by atoms with van der Waals surface area (Å²) in [4.78, 5) is 40.1. The number of amides is 4. The van der Waals surface area contributed by atoms with Crippen LogP contribution in [-0.4, -0.2) is 35.8 Å². The molecule has 0 aromatic carbocycles. The zero-order valence-corrected chi connectivity index (χ0v) is 15.3. The number of anilines is 1. The van der Waals surface area contributed by atoms with Crippen molar-refractivity contribution in [3.8, 4) is 0 Å². The van der Waals surface area contributed by atoms with Crippen molar-refractivity contribution < 1.29 is 23.2 Å². The fraction of sp³-hybridized carbons (Fsp3) is 0.350. The molecule has 0 unspecified atom stereocenters. The largest absolute Gasteiger partial charge is 0.467 e. The van der Waals surface area contributed by atoms with Gasteiger partial charge in [-0.1, -0.05) is 12.8 Å². The lowest BCUT2D eigenvalue weighted by Crippen LogP contribution is -2.53. The van der Waals surface area contributed by atoms with Crippen molar-refractivity contribution in [2.24, 2.45) is 0 Å². The Labute approximate surface area is 161 Å². The van der Waals surface area contributed by atoms with Crippen LogP contribution in [-0.2, 0) is 16.1 Å². The number of imide groups is 2. The summed E-state index contributed by atoms with van der Waals surface area (Å²) in [7, 11) is 0. The van der Waals surface area contributed by atoms with Gasteiger partial charge in [0.1, 0.15) is 17.1 Å². The second kappa shape index (κ2) is 7.75. The van der Waals surface area contributed by atoms with Crippen molar-refractivity contribution in [3.63, 3.8) is 0 Å². The van der Waals surface area contributed by atoms with E-state index in [1.807, 2.05) is 6.07 Å². The Morgan fingerprint density at radius 1 is 1.04 bits per heavy atom. The van der Waals surface area contributed by atoms with Crippen LogP contribution < -0.4 is 10.2 Å². The Morgan fingerprint density at radius 2 is 1.82 bits per heavy atom. The zero-order chi connectivity index (χ0) is 19.5. The molecule has 0 saturated carbocycles. The van der Waals surface area contributed by atoms with E-state index in [0.717, 1.165) is 36.7 Å². The number of nitrogens with zero attached hydrogens (tertiary/aromatic N) is 2. The highest BCUT2D eigenvalue weighted by molar-refractivity contribution is 6.30. The molecule has 0 radical (unpaired) electrons. The molecule has 2 saturated heterocycles. The second-order valence-corrected chi connectivity index (χ2v) is 6.87. The Hall–Kier alpha value is -3.29. The van der Waals surface area contributed by atoms with Gasteiger partial charge in [0, 0.05) is 19.2 Å². The summed E-state index contributed by atoms with van der Waals surface area (Å²) in [6.07, 6.45) is 7.48. The first-order valence-electron chi connectivity index (χ1n) is 9.38. The molecule has 0 atom stereocenters. The lowest BCUT2D eigenvalue weighted by Gasteiger charge is -2.25. The number of hydrogen-bond donors (Lipinski definition) is 1. The maximum Gasteiger partial charge on any atom is 0.331 e. The van der Waals surface area contributed by atoms with Crippen LogP contribution in [0.5, 0.6) is 0 Å². The normalized spacial score (nSPS) is 19.9. The van der Waals surface area contributed by atoms with Crippen molar-refractivity contribution in [2.75, 3.05) is 18.0 Å². The number of urea groups is 1. The third-order valence-electron chi connectivity index (χ3n) is 4.90. The van der Waals surface area contributed by atoms with E-state index in [-0.39, 0.29) is 12.1 Å². The lowest BCUT2D eigenvalue weighted by atomic mass is 10.1. The Bertz CT molecular complexity index is 904. The van der Waals surface area contributed by atoms with Gasteiger partial charge in [0.05, 0.1) is 12.8 Å². The minimum atomic E-state index is -0.770. The van der Waals surface area contributed by atoms with Gasteiger partial charge in [-0.25, -0.2) is 4.79 Å². The summed E-state index contributed by atoms with van der Waals surface area (Å²) < 4.78 is 11.0. The number of furan rings is 2. The fourth-order valence-electron chi connectivity index (χ4n) is 3.42. The van der Waals surface area contributed by atoms with Gasteiger partial charge in [-0.2, -0.15) is 0 Å². The molecule has 2 aliphatic heterocycles. The minimum absolute atomic E-state index is 0.0561. The molecule has 146 valence electrons. The SMILES string of the molecule is O=C1NC(=O)N(Cc2ccco2)C(=O)/C1=C/c1ccc(N2CCCCCC2)o1. The van der Waals surface area contributed by atoms with Crippen LogP contribution >= 0.6 is 0 Å². The summed E-state index contributed by atoms with van der Waals surface area (Å²) in [6.45, 7) is 1.79. The van der Waals surface area contributed by atoms with Crippen LogP contribution in [0.2, 0.25) is 0 Å². The van der Waals surface area contributed by atoms with Crippen molar-refractivity contribution in [1.82, 2.24) is 10.2 Å². The minimum Gasteiger partial charge on any atom is -0.467 e. The number of carbonyl (C=O) groups excluding carboxylic acids is 3. The third kappa shape index (κ3) is 3.71. The first kappa shape index (κ1) is 18.1. The summed E-state index contributed by atoms with van der Waals surface area (Å²) in [5, 5.41) is 2.19. The van der Waals surface area contributed by atoms with E-state index < -0.39 is 17.8 Å². The molecule has 2 aliphatic rings. The molecule has 4 rings (SSSR count). The average Bonchev–Trinajstić information content (AvgIpc) is 3.29. The highest BCUT2D eigenvalue weighted by Crippen LogP contribution is 2.24. The van der Waals surface area contributed by atoms with E-state index in [1.54, 1.807) is 18.2 Å². The first-order valence-corrected chi connectivity index (χ1v) is 9.38. The van der Waals surface area contributed by atoms with E-state index in [9.17, 15) is 14.4 Å². The molecule has 0 bridgehead atoms. The molecule has 0 spiro atoms. The van der Waals surface area contributed by atoms with Crippen molar-refractivity contribution >= 4 is 29.8 Å². The van der Waals surface area contributed by atoms with Crippen molar-refractivity contribution in [1.29, 1.82) is 0 Å². The van der Waals surface area contributed by atoms with Gasteiger partial charge in [0.25, 0.3) is 11.8 Å². The summed E-state index contributed by atoms with van der Waals surface area (Å²) in [5.74, 6) is 0.140. The van der Waals surface area contributed by atoms with Gasteiger partial charge in [0.2, 0.25) is 0 Å². The smallest absolute Gasteiger partial charge is 0.331 e. The van der Waals surface area contributed by atoms with Crippen LogP contribution in [0.3, 0.4) is 0 Å². The van der Waals surface area contributed by atoms with E-state index in [1.165, 1.54) is 25.2 Å². The molecule has 0 aliphatic carbocycles. The Morgan fingerprint density at radius 3 is 2.54 bits per heavy atom. The summed E-state index contributed by atoms with van der Waals surface area (Å²) in [6, 6.07) is 6.11. The molecule has 1 N–H and O–H groups in total. The summed E-state index contributed by atoms with van der Waals surface area (Å²) >= 11 is 0. The molecule has 28 heavy (non-hydrogen) atoms. The van der Waals surface area contributed by atoms with E-state index in [0.29, 0.717) is 11.5 Å². The molecule has 8 heteroatoms. The van der Waals surface area contributed by atoms with E-state index >= 15 is 0 Å². The predicted octanol–water partition coefficient (Wildman–Crippen LogP) is 2.92. The van der Waals surface area contributed by atoms with Gasteiger partial charge in [0.15, 0.2) is 5.88 Å². The molecular weight excluding hydrogens is 362 g/mol. The van der Waals surface area contributed by atoms with Gasteiger partial charge < -0.3 is 13.7 Å². The average molecular weight is 383 g/mol. The predicted molar refractivity (Wildman–Crippen MR) is 100 cm³/mol. The van der Waals surface area contributed by atoms with Crippen LogP contribution in [0.15, 0.2) is 44.9 Å². The van der Waals surface area contributed by atoms with Crippen LogP contribution in [0.25, 0.3) is 6.08 Å². The number of hydrogen-bond acceptors (Lipinski definition) is 6. The van der Waals surface area contributed by atoms with Crippen LogP contribution in [0.4, 0.5) is 10.7 Å². The number of carbonyl (C=O) groups is 3. The third-order valence-corrected chi connectivity index (χ3v) is 4.90. The fourth-order valence-corrected chi connectivity index (χ4v) is 3.42. The number of barbiturate groups is 1. The van der Waals surface area contributed by atoms with Crippen molar-refractivity contribution in [2.45, 2.75) is 32.2 Å². The summed E-state index contributed by atoms with van der Waals surface area (Å²) in [5.41, 5.74) is -0.150. The number of rotatable bonds is 4. The molecular formula is C20H21N3O5. The van der Waals surface area contributed by atoms with Gasteiger partial charge in [-0.3, -0.25) is 19.8 Å². The van der Waals surface area contributed by atoms with E-state index in [4.69, 9.17) is 8.83 Å². The molecule has 4 amide bonds. The highest BCUT2D eigenvalue weighted by Gasteiger charge is 2.36. The Kier molecular flexibility index (Phi) is 5.01. The Balaban J connectivity index is 1.55. The zero-order valence-electron chi connectivity index (χ0n) is 15.3. The topological polar surface area (TPSA) is 96.0 Å². The molecule has 2 aromatic heterocycles. The van der Waals surface area contributed by atoms with Gasteiger partial charge >= 0.3 is 6.03 Å². The van der Waals surface area contributed by atoms with Crippen LogP contribution in [0, 0.1) is 0 Å². The molecule has 4 heterocycles. The standard InChI is InChI=1S/C20H21N3O5/c24-18-16(19(25)23(20(26)21-18)13-15-6-5-11-27-15)12-14-7-8-17(28-14)22-9-3-1-2-4-10-22/h5-8,11-12H,1-4,9-10,13H2,(H,21,24,26)/b16-12+. The highest BCUT2D eigenvalue weighted by atomic mass is 16.4. The van der Waals surface area contributed by atoms with Gasteiger partial charge in [-0.15, -0.1) is 0 Å². The van der Waals surface area contributed by atoms with Gasteiger partial charge in [-0.05, 0) is 37.1 Å². The molecule has 8 nitrogen and oxygen atoms in total. The van der Waals surface area contributed by atoms with E-state index in [2.05, 4.69) is 10.2 Å². The quantitative estimate of drug-likeness (QED) is 0.644. The van der Waals surface area contributed by atoms with Crippen molar-refractivity contribution in [3.05, 3.63) is 47.6 Å². The van der Waals surface area contributed by atoms with Crippen LogP contribution in [0.1, 0.15) is 37.2 Å². The maximum absolute atomic E-state index is 12.7. The maximum atomic E-state index is 12.7.